The van der Waals surface area contributed by atoms with Gasteiger partial charge in [-0.2, -0.15) is 0 Å². The second kappa shape index (κ2) is 11.0. The molecule has 230 valence electrons. The number of nitrogens with zero attached hydrogens (tertiary/aromatic N) is 2. The molecule has 0 aliphatic carbocycles. The van der Waals surface area contributed by atoms with Crippen molar-refractivity contribution in [1.82, 2.24) is 4.57 Å². The van der Waals surface area contributed by atoms with E-state index in [-0.39, 0.29) is 0 Å². The van der Waals surface area contributed by atoms with E-state index in [1.54, 1.807) is 0 Å². The first-order chi connectivity index (χ1) is 24.3. The maximum absolute atomic E-state index is 6.72. The predicted molar refractivity (Wildman–Crippen MR) is 206 cm³/mol. The largest absolute Gasteiger partial charge is 0.455 e. The van der Waals surface area contributed by atoms with Gasteiger partial charge in [0.2, 0.25) is 0 Å². The fourth-order valence-corrected chi connectivity index (χ4v) is 7.61. The number of para-hydroxylation sites is 3. The topological polar surface area (TPSA) is 21.3 Å². The van der Waals surface area contributed by atoms with Crippen molar-refractivity contribution in [3.05, 3.63) is 182 Å². The zero-order chi connectivity index (χ0) is 32.3. The van der Waals surface area contributed by atoms with Gasteiger partial charge >= 0.3 is 0 Å². The van der Waals surface area contributed by atoms with Gasteiger partial charge in [-0.3, -0.25) is 0 Å². The van der Waals surface area contributed by atoms with Crippen molar-refractivity contribution in [2.45, 2.75) is 0 Å². The molecule has 2 heterocycles. The smallest absolute Gasteiger partial charge is 0.143 e. The molecular formula is C46H30N2O. The highest BCUT2D eigenvalue weighted by molar-refractivity contribution is 6.21. The number of anilines is 3. The Morgan fingerprint density at radius 3 is 2.00 bits per heavy atom. The molecule has 0 bridgehead atoms. The molecule has 10 aromatic rings. The molecule has 3 nitrogen and oxygen atoms in total. The Labute approximate surface area is 283 Å². The molecule has 0 aliphatic rings. The second-order valence-corrected chi connectivity index (χ2v) is 12.5. The van der Waals surface area contributed by atoms with Crippen molar-refractivity contribution >= 4 is 71.6 Å². The lowest BCUT2D eigenvalue weighted by atomic mass is 10.0. The zero-order valence-electron chi connectivity index (χ0n) is 26.6. The molecular weight excluding hydrogens is 597 g/mol. The van der Waals surface area contributed by atoms with Gasteiger partial charge in [0.25, 0.3) is 0 Å². The summed E-state index contributed by atoms with van der Waals surface area (Å²) in [6.07, 6.45) is 0. The summed E-state index contributed by atoms with van der Waals surface area (Å²) in [7, 11) is 0. The van der Waals surface area contributed by atoms with E-state index >= 15 is 0 Å². The Hall–Kier alpha value is -6.58. The third kappa shape index (κ3) is 4.29. The summed E-state index contributed by atoms with van der Waals surface area (Å²) in [5, 5.41) is 6.90. The summed E-state index contributed by atoms with van der Waals surface area (Å²) < 4.78 is 9.13. The van der Waals surface area contributed by atoms with Crippen LogP contribution in [0.25, 0.3) is 71.3 Å². The summed E-state index contributed by atoms with van der Waals surface area (Å²) >= 11 is 0. The fraction of sp³-hybridized carbons (Fsp3) is 0. The van der Waals surface area contributed by atoms with Crippen molar-refractivity contribution in [2.75, 3.05) is 4.90 Å². The molecule has 0 spiro atoms. The highest BCUT2D eigenvalue weighted by Gasteiger charge is 2.25. The van der Waals surface area contributed by atoms with Gasteiger partial charge in [-0.25, -0.2) is 0 Å². The van der Waals surface area contributed by atoms with Crippen LogP contribution in [0.5, 0.6) is 0 Å². The van der Waals surface area contributed by atoms with E-state index in [1.807, 2.05) is 0 Å². The minimum Gasteiger partial charge on any atom is -0.455 e. The first-order valence-corrected chi connectivity index (χ1v) is 16.7. The van der Waals surface area contributed by atoms with Gasteiger partial charge in [0, 0.05) is 32.9 Å². The quantitative estimate of drug-likeness (QED) is 0.190. The average Bonchev–Trinajstić information content (AvgIpc) is 3.73. The minimum absolute atomic E-state index is 0.865. The van der Waals surface area contributed by atoms with Gasteiger partial charge in [0.15, 0.2) is 0 Å². The monoisotopic (exact) mass is 626 g/mol. The predicted octanol–water partition coefficient (Wildman–Crippen LogP) is 13.0. The van der Waals surface area contributed by atoms with Crippen molar-refractivity contribution < 1.29 is 4.42 Å². The highest BCUT2D eigenvalue weighted by Crippen LogP contribution is 2.48. The van der Waals surface area contributed by atoms with Crippen LogP contribution in [0, 0.1) is 0 Å². The zero-order valence-corrected chi connectivity index (χ0v) is 26.6. The number of hydrogen-bond donors (Lipinski definition) is 0. The summed E-state index contributed by atoms with van der Waals surface area (Å²) in [4.78, 5) is 2.43. The lowest BCUT2D eigenvalue weighted by molar-refractivity contribution is 0.672. The Morgan fingerprint density at radius 2 is 1.12 bits per heavy atom. The summed E-state index contributed by atoms with van der Waals surface area (Å²) in [5.74, 6) is 0. The molecule has 0 saturated carbocycles. The van der Waals surface area contributed by atoms with Gasteiger partial charge in [0.05, 0.1) is 27.8 Å². The third-order valence-electron chi connectivity index (χ3n) is 9.75. The van der Waals surface area contributed by atoms with Crippen molar-refractivity contribution in [3.8, 4) is 16.8 Å². The van der Waals surface area contributed by atoms with E-state index in [0.29, 0.717) is 0 Å². The first kappa shape index (κ1) is 27.5. The van der Waals surface area contributed by atoms with Gasteiger partial charge < -0.3 is 13.9 Å². The first-order valence-electron chi connectivity index (χ1n) is 16.7. The van der Waals surface area contributed by atoms with Crippen LogP contribution in [-0.2, 0) is 0 Å². The number of rotatable bonds is 5. The molecule has 0 atom stereocenters. The lowest BCUT2D eigenvalue weighted by Gasteiger charge is -2.28. The normalized spacial score (nSPS) is 11.7. The summed E-state index contributed by atoms with van der Waals surface area (Å²) in [6, 6.07) is 64.9. The second-order valence-electron chi connectivity index (χ2n) is 12.5. The van der Waals surface area contributed by atoms with Crippen LogP contribution in [0.3, 0.4) is 0 Å². The van der Waals surface area contributed by atoms with Crippen LogP contribution in [0.15, 0.2) is 186 Å². The molecule has 0 unspecified atom stereocenters. The Morgan fingerprint density at radius 1 is 0.449 bits per heavy atom. The molecule has 0 fully saturated rings. The van der Waals surface area contributed by atoms with Gasteiger partial charge in [-0.15, -0.1) is 0 Å². The maximum atomic E-state index is 6.72. The van der Waals surface area contributed by atoms with Crippen LogP contribution < -0.4 is 4.90 Å². The molecule has 49 heavy (non-hydrogen) atoms. The fourth-order valence-electron chi connectivity index (χ4n) is 7.61. The molecule has 3 heteroatoms. The SMILES string of the molecule is c1ccc(-c2cccc(N(c3cccc4oc5c6ccccc6ccc5c34)c3cccc4c5ccccc5n(-c5ccccc5)c34)c2)cc1. The Bertz CT molecular complexity index is 2830. The molecule has 8 aromatic carbocycles. The van der Waals surface area contributed by atoms with E-state index in [1.165, 1.54) is 27.2 Å². The van der Waals surface area contributed by atoms with Crippen molar-refractivity contribution in [3.63, 3.8) is 0 Å². The molecule has 10 rings (SSSR count). The van der Waals surface area contributed by atoms with E-state index in [0.717, 1.165) is 61.2 Å². The van der Waals surface area contributed by atoms with E-state index in [4.69, 9.17) is 4.42 Å². The van der Waals surface area contributed by atoms with Crippen LogP contribution in [-0.4, -0.2) is 4.57 Å². The van der Waals surface area contributed by atoms with Crippen LogP contribution in [0.1, 0.15) is 0 Å². The van der Waals surface area contributed by atoms with Crippen molar-refractivity contribution in [1.29, 1.82) is 0 Å². The Balaban J connectivity index is 1.34. The molecule has 0 N–H and O–H groups in total. The number of furan rings is 1. The number of fused-ring (bicyclic) bond motifs is 8. The van der Waals surface area contributed by atoms with Crippen LogP contribution >= 0.6 is 0 Å². The lowest BCUT2D eigenvalue weighted by Crippen LogP contribution is -2.12. The molecule has 0 aliphatic heterocycles. The highest BCUT2D eigenvalue weighted by atomic mass is 16.3. The van der Waals surface area contributed by atoms with Gasteiger partial charge in [-0.05, 0) is 71.1 Å². The number of hydrogen-bond acceptors (Lipinski definition) is 2. The number of aromatic nitrogens is 1. The molecule has 0 amide bonds. The van der Waals surface area contributed by atoms with Gasteiger partial charge in [0.1, 0.15) is 11.2 Å². The average molecular weight is 627 g/mol. The maximum Gasteiger partial charge on any atom is 0.143 e. The standard InChI is InChI=1S/C46H30N2O/c1-3-14-31(15-4-1)33-17-11-20-35(30-33)47(41-25-13-27-43-44(41)39-29-28-32-16-7-8-21-36(32)46(39)49-43)42-26-12-23-38-37-22-9-10-24-40(37)48(45(38)42)34-18-5-2-6-19-34/h1-30H. The molecule has 0 saturated heterocycles. The third-order valence-corrected chi connectivity index (χ3v) is 9.75. The van der Waals surface area contributed by atoms with Gasteiger partial charge in [-0.1, -0.05) is 127 Å². The van der Waals surface area contributed by atoms with E-state index < -0.39 is 0 Å². The van der Waals surface area contributed by atoms with Crippen LogP contribution in [0.2, 0.25) is 0 Å². The number of benzene rings is 8. The summed E-state index contributed by atoms with van der Waals surface area (Å²) in [5.41, 5.74) is 10.8. The van der Waals surface area contributed by atoms with E-state index in [2.05, 4.69) is 191 Å². The molecule has 2 aromatic heterocycles. The minimum atomic E-state index is 0.865. The van der Waals surface area contributed by atoms with Crippen LogP contribution in [0.4, 0.5) is 17.1 Å². The molecule has 0 radical (unpaired) electrons. The van der Waals surface area contributed by atoms with Crippen molar-refractivity contribution in [2.24, 2.45) is 0 Å². The summed E-state index contributed by atoms with van der Waals surface area (Å²) in [6.45, 7) is 0. The Kier molecular flexibility index (Phi) is 6.18. The van der Waals surface area contributed by atoms with E-state index in [9.17, 15) is 0 Å².